The number of allylic oxidation sites excluding steroid dienone is 1. The Hall–Kier alpha value is -3.17. The molecule has 1 aromatic carbocycles. The number of hydrogen-bond acceptors (Lipinski definition) is 7. The molecular weight excluding hydrogens is 470 g/mol. The van der Waals surface area contributed by atoms with E-state index >= 15 is 0 Å². The zero-order valence-corrected chi connectivity index (χ0v) is 22.9. The van der Waals surface area contributed by atoms with Gasteiger partial charge in [-0.3, -0.25) is 19.1 Å². The van der Waals surface area contributed by atoms with E-state index in [0.717, 1.165) is 18.4 Å². The Bertz CT molecular complexity index is 1290. The van der Waals surface area contributed by atoms with Crippen molar-refractivity contribution >= 4 is 17.3 Å². The summed E-state index contributed by atoms with van der Waals surface area (Å²) in [5, 5.41) is 3.67. The summed E-state index contributed by atoms with van der Waals surface area (Å²) in [5.41, 5.74) is 0.643. The Kier molecular flexibility index (Phi) is 7.23. The number of fused-ring (bicyclic) bond motifs is 1. The van der Waals surface area contributed by atoms with Gasteiger partial charge in [-0.05, 0) is 54.4 Å². The van der Waals surface area contributed by atoms with Crippen LogP contribution in [0.5, 0.6) is 0 Å². The topological polar surface area (TPSA) is 99.7 Å². The number of ketones is 1. The van der Waals surface area contributed by atoms with Gasteiger partial charge in [0.15, 0.2) is 5.78 Å². The number of rotatable bonds is 7. The third kappa shape index (κ3) is 5.72. The molecule has 1 fully saturated rings. The molecule has 0 spiro atoms. The predicted molar refractivity (Wildman–Crippen MR) is 146 cm³/mol. The van der Waals surface area contributed by atoms with Crippen LogP contribution in [0.1, 0.15) is 64.7 Å². The minimum atomic E-state index is -0.734. The van der Waals surface area contributed by atoms with Gasteiger partial charge in [0.1, 0.15) is 11.5 Å². The van der Waals surface area contributed by atoms with Crippen LogP contribution in [0.25, 0.3) is 0 Å². The number of hydrogen-bond donors (Lipinski definition) is 2. The molecule has 1 atom stereocenters. The Morgan fingerprint density at radius 1 is 1.05 bits per heavy atom. The number of carbonyl (C=O) groups excluding carboxylic acids is 1. The molecule has 1 unspecified atom stereocenters. The van der Waals surface area contributed by atoms with Crippen LogP contribution in [0.3, 0.4) is 0 Å². The van der Waals surface area contributed by atoms with Crippen LogP contribution in [-0.4, -0.2) is 52.0 Å². The number of H-pyrrole nitrogens is 1. The van der Waals surface area contributed by atoms with Crippen molar-refractivity contribution in [2.45, 2.75) is 77.9 Å². The molecule has 2 aromatic rings. The zero-order valence-electron chi connectivity index (χ0n) is 22.9. The average Bonchev–Trinajstić information content (AvgIpc) is 3.08. The number of piperidine rings is 1. The van der Waals surface area contributed by atoms with Gasteiger partial charge in [-0.2, -0.15) is 0 Å². The number of carbonyl (C=O) groups is 1. The highest BCUT2D eigenvalue weighted by Crippen LogP contribution is 2.39. The molecule has 0 radical (unpaired) electrons. The summed E-state index contributed by atoms with van der Waals surface area (Å²) in [5.74, 6) is 0.264. The Morgan fingerprint density at radius 3 is 2.27 bits per heavy atom. The van der Waals surface area contributed by atoms with Crippen LogP contribution in [0.15, 0.2) is 51.6 Å². The smallest absolute Gasteiger partial charge is 0.329 e. The van der Waals surface area contributed by atoms with E-state index in [0.29, 0.717) is 23.6 Å². The van der Waals surface area contributed by atoms with Gasteiger partial charge in [-0.1, -0.05) is 42.0 Å². The molecule has 37 heavy (non-hydrogen) atoms. The Labute approximate surface area is 218 Å². The third-order valence-electron chi connectivity index (χ3n) is 6.94. The summed E-state index contributed by atoms with van der Waals surface area (Å²) in [6.45, 7) is 13.0. The lowest BCUT2D eigenvalue weighted by Crippen LogP contribution is -2.61. The van der Waals surface area contributed by atoms with Crippen LogP contribution >= 0.6 is 0 Å². The third-order valence-corrected chi connectivity index (χ3v) is 6.94. The molecule has 4 rings (SSSR count). The fourth-order valence-corrected chi connectivity index (χ4v) is 5.70. The van der Waals surface area contributed by atoms with Crippen LogP contribution < -0.4 is 26.4 Å². The average molecular weight is 510 g/mol. The minimum absolute atomic E-state index is 0.0402. The Morgan fingerprint density at radius 2 is 1.68 bits per heavy atom. The highest BCUT2D eigenvalue weighted by molar-refractivity contribution is 6.00. The van der Waals surface area contributed by atoms with Gasteiger partial charge in [0.2, 0.25) is 6.35 Å². The summed E-state index contributed by atoms with van der Waals surface area (Å²) >= 11 is 0. The molecule has 0 saturated carbocycles. The van der Waals surface area contributed by atoms with Crippen molar-refractivity contribution in [1.82, 2.24) is 14.9 Å². The second-order valence-corrected chi connectivity index (χ2v) is 11.7. The van der Waals surface area contributed by atoms with Gasteiger partial charge in [0.05, 0.1) is 12.6 Å². The molecule has 2 aliphatic heterocycles. The molecule has 2 aliphatic rings. The minimum Gasteiger partial charge on any atom is -0.337 e. The van der Waals surface area contributed by atoms with E-state index in [4.69, 9.17) is 4.74 Å². The van der Waals surface area contributed by atoms with E-state index in [2.05, 4.69) is 38.0 Å². The van der Waals surface area contributed by atoms with E-state index in [1.807, 2.05) is 43.0 Å². The molecule has 0 aliphatic carbocycles. The molecular formula is C28H39N5O4. The maximum absolute atomic E-state index is 13.4. The molecule has 0 bridgehead atoms. The molecule has 9 nitrogen and oxygen atoms in total. The highest BCUT2D eigenvalue weighted by atomic mass is 16.5. The van der Waals surface area contributed by atoms with Crippen LogP contribution in [0.2, 0.25) is 0 Å². The first-order valence-corrected chi connectivity index (χ1v) is 12.8. The lowest BCUT2D eigenvalue weighted by Gasteiger charge is -2.47. The summed E-state index contributed by atoms with van der Waals surface area (Å²) < 4.78 is 8.21. The molecule has 3 heterocycles. The van der Waals surface area contributed by atoms with Crippen molar-refractivity contribution in [3.8, 4) is 0 Å². The van der Waals surface area contributed by atoms with Crippen molar-refractivity contribution < 1.29 is 9.53 Å². The monoisotopic (exact) mass is 509 g/mol. The van der Waals surface area contributed by atoms with Crippen molar-refractivity contribution in [2.24, 2.45) is 7.05 Å². The van der Waals surface area contributed by atoms with Crippen LogP contribution in [-0.2, 0) is 11.8 Å². The van der Waals surface area contributed by atoms with Gasteiger partial charge in [-0.25, -0.2) is 4.79 Å². The van der Waals surface area contributed by atoms with Crippen molar-refractivity contribution in [1.29, 1.82) is 0 Å². The maximum atomic E-state index is 13.4. The number of nitrogens with zero attached hydrogens (tertiary/aromatic N) is 3. The summed E-state index contributed by atoms with van der Waals surface area (Å²) in [6, 6.07) is 9.04. The summed E-state index contributed by atoms with van der Waals surface area (Å²) in [7, 11) is 1.61. The van der Waals surface area contributed by atoms with Crippen LogP contribution in [0.4, 0.5) is 11.5 Å². The van der Waals surface area contributed by atoms with Gasteiger partial charge in [-0.15, -0.1) is 0 Å². The number of benzene rings is 1. The normalized spacial score (nSPS) is 20.6. The van der Waals surface area contributed by atoms with Crippen molar-refractivity contribution in [3.05, 3.63) is 68.4 Å². The van der Waals surface area contributed by atoms with E-state index in [1.54, 1.807) is 24.1 Å². The summed E-state index contributed by atoms with van der Waals surface area (Å²) in [6.07, 6.45) is 2.67. The van der Waals surface area contributed by atoms with E-state index in [-0.39, 0.29) is 29.5 Å². The number of aromatic amines is 1. The molecule has 1 aromatic heterocycles. The van der Waals surface area contributed by atoms with Crippen LogP contribution in [0, 0.1) is 0 Å². The standard InChI is InChI=1S/C28H39N5O4/c1-18(2)13-14-32-22-23(35)29-25(36)31(7)24(22)33(17-21(34)19-11-9-8-10-12-19)26(32)37-20-15-27(3,4)30-28(5,6)16-20/h8-13,20,26,30H,14-17H2,1-7H3,(H,29,35,36). The molecule has 0 amide bonds. The quantitative estimate of drug-likeness (QED) is 0.437. The lowest BCUT2D eigenvalue weighted by molar-refractivity contribution is -0.0619. The molecule has 200 valence electrons. The number of ether oxygens (including phenoxy) is 1. The van der Waals surface area contributed by atoms with Gasteiger partial charge in [0.25, 0.3) is 5.56 Å². The highest BCUT2D eigenvalue weighted by Gasteiger charge is 2.45. The number of anilines is 2. The SMILES string of the molecule is CC(C)=CCN1c2c(n(C)c(=O)[nH]c2=O)N(CC(=O)c2ccccc2)C1OC1CC(C)(C)NC(C)(C)C1. The van der Waals surface area contributed by atoms with Gasteiger partial charge >= 0.3 is 5.69 Å². The fourth-order valence-electron chi connectivity index (χ4n) is 5.70. The van der Waals surface area contributed by atoms with E-state index in [9.17, 15) is 14.4 Å². The zero-order chi connectivity index (χ0) is 27.1. The lowest BCUT2D eigenvalue weighted by atomic mass is 9.81. The van der Waals surface area contributed by atoms with E-state index in [1.165, 1.54) is 4.57 Å². The summed E-state index contributed by atoms with van der Waals surface area (Å²) in [4.78, 5) is 45.3. The maximum Gasteiger partial charge on any atom is 0.329 e. The first-order chi connectivity index (χ1) is 17.3. The molecule has 2 N–H and O–H groups in total. The van der Waals surface area contributed by atoms with E-state index < -0.39 is 17.6 Å². The number of nitrogens with one attached hydrogen (secondary N) is 2. The largest absolute Gasteiger partial charge is 0.337 e. The first kappa shape index (κ1) is 26.9. The molecule has 9 heteroatoms. The number of aromatic nitrogens is 2. The number of Topliss-reactive ketones (excluding diaryl/α,β-unsaturated/α-hetero) is 1. The second kappa shape index (κ2) is 9.95. The van der Waals surface area contributed by atoms with Crippen molar-refractivity contribution in [2.75, 3.05) is 22.9 Å². The van der Waals surface area contributed by atoms with Gasteiger partial charge < -0.3 is 19.9 Å². The first-order valence-electron chi connectivity index (χ1n) is 12.8. The van der Waals surface area contributed by atoms with Gasteiger partial charge in [0, 0.05) is 30.2 Å². The fraction of sp³-hybridized carbons (Fsp3) is 0.536. The van der Waals surface area contributed by atoms with Crippen molar-refractivity contribution in [3.63, 3.8) is 0 Å². The Balaban J connectivity index is 1.81. The predicted octanol–water partition coefficient (Wildman–Crippen LogP) is 3.16. The molecule has 1 saturated heterocycles. The second-order valence-electron chi connectivity index (χ2n) is 11.7.